The number of phenols is 1. The van der Waals surface area contributed by atoms with Gasteiger partial charge in [0.2, 0.25) is 0 Å². The van der Waals surface area contributed by atoms with E-state index in [0.717, 1.165) is 17.5 Å². The summed E-state index contributed by atoms with van der Waals surface area (Å²) < 4.78 is 5.18. The van der Waals surface area contributed by atoms with Crippen molar-refractivity contribution < 1.29 is 19.7 Å². The van der Waals surface area contributed by atoms with E-state index in [-0.39, 0.29) is 11.7 Å². The van der Waals surface area contributed by atoms with E-state index in [0.29, 0.717) is 35.7 Å². The summed E-state index contributed by atoms with van der Waals surface area (Å²) in [5.41, 5.74) is 5.80. The number of hydrogen-bond donors (Lipinski definition) is 3. The van der Waals surface area contributed by atoms with Crippen molar-refractivity contribution in [1.29, 1.82) is 0 Å². The average Bonchev–Trinajstić information content (AvgIpc) is 2.81. The molecular weight excluding hydrogens is 446 g/mol. The molecule has 0 amide bonds. The SMILES string of the molecule is COc1cc(CNC(=S)CC(Cc2ccc(C)c(C)c2)Cc2ccccc2C(=O)O)ccc1O. The number of thiocarbonyl (C=S) groups is 1. The van der Waals surface area contributed by atoms with Crippen molar-refractivity contribution in [3.63, 3.8) is 0 Å². The lowest BCUT2D eigenvalue weighted by Crippen LogP contribution is -2.25. The van der Waals surface area contributed by atoms with Gasteiger partial charge in [-0.1, -0.05) is 54.7 Å². The van der Waals surface area contributed by atoms with Crippen molar-refractivity contribution in [3.05, 3.63) is 94.0 Å². The Morgan fingerprint density at radius 3 is 2.44 bits per heavy atom. The zero-order valence-corrected chi connectivity index (χ0v) is 20.6. The van der Waals surface area contributed by atoms with E-state index in [1.165, 1.54) is 23.8 Å². The molecule has 6 heteroatoms. The molecule has 178 valence electrons. The minimum atomic E-state index is -0.914. The number of aryl methyl sites for hydroxylation is 2. The molecule has 0 heterocycles. The van der Waals surface area contributed by atoms with E-state index in [9.17, 15) is 15.0 Å². The molecule has 0 aromatic heterocycles. The second-order valence-electron chi connectivity index (χ2n) is 8.64. The fraction of sp³-hybridized carbons (Fsp3) is 0.286. The lowest BCUT2D eigenvalue weighted by atomic mass is 9.87. The van der Waals surface area contributed by atoms with Gasteiger partial charge in [0, 0.05) is 13.0 Å². The number of aromatic hydroxyl groups is 1. The number of rotatable bonds is 10. The number of carboxylic acid groups (broad SMARTS) is 1. The number of aromatic carboxylic acids is 1. The topological polar surface area (TPSA) is 78.8 Å². The van der Waals surface area contributed by atoms with Crippen molar-refractivity contribution in [2.75, 3.05) is 7.11 Å². The highest BCUT2D eigenvalue weighted by Gasteiger charge is 2.18. The predicted octanol–water partition coefficient (Wildman–Crippen LogP) is 5.62. The molecule has 34 heavy (non-hydrogen) atoms. The molecule has 0 fully saturated rings. The van der Waals surface area contributed by atoms with Gasteiger partial charge in [-0.3, -0.25) is 0 Å². The first-order valence-corrected chi connectivity index (χ1v) is 11.7. The normalized spacial score (nSPS) is 11.6. The van der Waals surface area contributed by atoms with Crippen LogP contribution in [0.5, 0.6) is 11.5 Å². The summed E-state index contributed by atoms with van der Waals surface area (Å²) >= 11 is 5.67. The van der Waals surface area contributed by atoms with Gasteiger partial charge in [-0.2, -0.15) is 0 Å². The van der Waals surface area contributed by atoms with Crippen LogP contribution in [0.4, 0.5) is 0 Å². The maximum Gasteiger partial charge on any atom is 0.335 e. The molecular formula is C28H31NO4S. The van der Waals surface area contributed by atoms with E-state index in [1.807, 2.05) is 18.2 Å². The zero-order chi connectivity index (χ0) is 24.7. The van der Waals surface area contributed by atoms with Crippen LogP contribution in [-0.4, -0.2) is 28.3 Å². The highest BCUT2D eigenvalue weighted by atomic mass is 32.1. The zero-order valence-electron chi connectivity index (χ0n) is 19.8. The standard InChI is InChI=1S/C28H31NO4S/c1-18-8-9-20(12-19(18)2)13-22(14-23-6-4-5-7-24(23)28(31)32)16-27(34)29-17-21-10-11-25(30)26(15-21)33-3/h4-12,15,22,30H,13-14,16-17H2,1-3H3,(H,29,34)(H,31,32). The van der Waals surface area contributed by atoms with Crippen LogP contribution < -0.4 is 10.1 Å². The molecule has 0 spiro atoms. The maximum absolute atomic E-state index is 11.7. The molecule has 0 radical (unpaired) electrons. The van der Waals surface area contributed by atoms with E-state index in [2.05, 4.69) is 37.4 Å². The van der Waals surface area contributed by atoms with Gasteiger partial charge >= 0.3 is 5.97 Å². The largest absolute Gasteiger partial charge is 0.504 e. The first-order chi connectivity index (χ1) is 16.3. The minimum Gasteiger partial charge on any atom is -0.504 e. The van der Waals surface area contributed by atoms with E-state index >= 15 is 0 Å². The fourth-order valence-corrected chi connectivity index (χ4v) is 4.37. The van der Waals surface area contributed by atoms with Gasteiger partial charge < -0.3 is 20.3 Å². The number of benzene rings is 3. The molecule has 1 unspecified atom stereocenters. The number of nitrogens with one attached hydrogen (secondary N) is 1. The number of ether oxygens (including phenoxy) is 1. The Morgan fingerprint density at radius 1 is 1.00 bits per heavy atom. The van der Waals surface area contributed by atoms with Gasteiger partial charge in [0.15, 0.2) is 11.5 Å². The van der Waals surface area contributed by atoms with Crippen LogP contribution in [0.25, 0.3) is 0 Å². The van der Waals surface area contributed by atoms with Gasteiger partial charge in [0.25, 0.3) is 0 Å². The first-order valence-electron chi connectivity index (χ1n) is 11.3. The van der Waals surface area contributed by atoms with E-state index in [1.54, 1.807) is 24.3 Å². The number of methoxy groups -OCH3 is 1. The van der Waals surface area contributed by atoms with Crippen molar-refractivity contribution in [3.8, 4) is 11.5 Å². The maximum atomic E-state index is 11.7. The molecule has 3 N–H and O–H groups in total. The Kier molecular flexibility index (Phi) is 8.66. The minimum absolute atomic E-state index is 0.0966. The third kappa shape index (κ3) is 6.81. The van der Waals surface area contributed by atoms with Crippen LogP contribution in [0.2, 0.25) is 0 Å². The van der Waals surface area contributed by atoms with Crippen LogP contribution in [0.1, 0.15) is 44.6 Å². The highest BCUT2D eigenvalue weighted by Crippen LogP contribution is 2.26. The lowest BCUT2D eigenvalue weighted by molar-refractivity contribution is 0.0695. The molecule has 3 aromatic carbocycles. The van der Waals surface area contributed by atoms with Gasteiger partial charge in [-0.25, -0.2) is 4.79 Å². The third-order valence-corrected chi connectivity index (χ3v) is 6.37. The summed E-state index contributed by atoms with van der Waals surface area (Å²) in [7, 11) is 1.52. The molecule has 0 aliphatic heterocycles. The fourth-order valence-electron chi connectivity index (χ4n) is 4.07. The smallest absolute Gasteiger partial charge is 0.335 e. The number of carbonyl (C=O) groups is 1. The molecule has 1 atom stereocenters. The second kappa shape index (κ2) is 11.7. The quantitative estimate of drug-likeness (QED) is 0.329. The molecule has 5 nitrogen and oxygen atoms in total. The Balaban J connectivity index is 1.75. The molecule has 3 aromatic rings. The van der Waals surface area contributed by atoms with Gasteiger partial charge in [0.05, 0.1) is 17.7 Å². The molecule has 0 saturated heterocycles. The number of carboxylic acids is 1. The Hall–Kier alpha value is -3.38. The van der Waals surface area contributed by atoms with Crippen molar-refractivity contribution in [2.45, 2.75) is 39.7 Å². The third-order valence-electron chi connectivity index (χ3n) is 6.06. The van der Waals surface area contributed by atoms with Crippen molar-refractivity contribution >= 4 is 23.2 Å². The van der Waals surface area contributed by atoms with Gasteiger partial charge in [-0.15, -0.1) is 0 Å². The monoisotopic (exact) mass is 477 g/mol. The highest BCUT2D eigenvalue weighted by molar-refractivity contribution is 7.80. The van der Waals surface area contributed by atoms with E-state index < -0.39 is 5.97 Å². The summed E-state index contributed by atoms with van der Waals surface area (Å²) in [6, 6.07) is 18.8. The Bertz CT molecular complexity index is 1170. The van der Waals surface area contributed by atoms with Gasteiger partial charge in [0.1, 0.15) is 0 Å². The van der Waals surface area contributed by atoms with Gasteiger partial charge in [-0.05, 0) is 78.6 Å². The predicted molar refractivity (Wildman–Crippen MR) is 139 cm³/mol. The van der Waals surface area contributed by atoms with Crippen LogP contribution in [0.3, 0.4) is 0 Å². The summed E-state index contributed by atoms with van der Waals surface area (Å²) in [5.74, 6) is -0.262. The van der Waals surface area contributed by atoms with Crippen LogP contribution in [0.15, 0.2) is 60.7 Å². The number of phenolic OH excluding ortho intramolecular Hbond substituents is 1. The van der Waals surface area contributed by atoms with Crippen LogP contribution in [-0.2, 0) is 19.4 Å². The second-order valence-corrected chi connectivity index (χ2v) is 9.14. The summed E-state index contributed by atoms with van der Waals surface area (Å²) in [4.78, 5) is 12.5. The Labute approximate surface area is 206 Å². The number of hydrogen-bond acceptors (Lipinski definition) is 4. The van der Waals surface area contributed by atoms with Crippen LogP contribution in [0, 0.1) is 19.8 Å². The molecule has 0 bridgehead atoms. The molecule has 0 aliphatic carbocycles. The molecule has 0 aliphatic rings. The van der Waals surface area contributed by atoms with Crippen LogP contribution >= 0.6 is 12.2 Å². The van der Waals surface area contributed by atoms with Crippen molar-refractivity contribution in [2.24, 2.45) is 5.92 Å². The summed E-state index contributed by atoms with van der Waals surface area (Å²) in [5, 5.41) is 22.7. The van der Waals surface area contributed by atoms with Crippen molar-refractivity contribution in [1.82, 2.24) is 5.32 Å². The first kappa shape index (κ1) is 25.2. The van der Waals surface area contributed by atoms with E-state index in [4.69, 9.17) is 17.0 Å². The summed E-state index contributed by atoms with van der Waals surface area (Å²) in [6.07, 6.45) is 2.04. The lowest BCUT2D eigenvalue weighted by Gasteiger charge is -2.20. The molecule has 3 rings (SSSR count). The average molecular weight is 478 g/mol. The summed E-state index contributed by atoms with van der Waals surface area (Å²) in [6.45, 7) is 4.71. The molecule has 0 saturated carbocycles. The Morgan fingerprint density at radius 2 is 1.74 bits per heavy atom.